The fourth-order valence-corrected chi connectivity index (χ4v) is 4.31. The molecule has 0 atom stereocenters. The first-order valence-corrected chi connectivity index (χ1v) is 10.9. The van der Waals surface area contributed by atoms with Crippen LogP contribution in [-0.2, 0) is 17.0 Å². The number of fused-ring (bicyclic) bond motifs is 1. The van der Waals surface area contributed by atoms with Gasteiger partial charge in [-0.05, 0) is 54.4 Å². The lowest BCUT2D eigenvalue weighted by Crippen LogP contribution is -2.05. The minimum Gasteiger partial charge on any atom is -0.462 e. The fourth-order valence-electron chi connectivity index (χ4n) is 3.31. The predicted molar refractivity (Wildman–Crippen MR) is 117 cm³/mol. The molecule has 0 aliphatic carbocycles. The molecule has 0 saturated heterocycles. The van der Waals surface area contributed by atoms with Gasteiger partial charge in [-0.25, -0.2) is 22.9 Å². The van der Waals surface area contributed by atoms with Gasteiger partial charge in [-0.1, -0.05) is 30.0 Å². The van der Waals surface area contributed by atoms with Gasteiger partial charge in [-0.15, -0.1) is 0 Å². The van der Waals surface area contributed by atoms with Gasteiger partial charge in [-0.3, -0.25) is 0 Å². The Morgan fingerprint density at radius 3 is 2.59 bits per heavy atom. The van der Waals surface area contributed by atoms with Gasteiger partial charge >= 0.3 is 5.97 Å². The van der Waals surface area contributed by atoms with E-state index in [1.807, 2.05) is 4.57 Å². The molecule has 4 aromatic rings. The van der Waals surface area contributed by atoms with Gasteiger partial charge in [-0.2, -0.15) is 0 Å². The largest absolute Gasteiger partial charge is 0.462 e. The van der Waals surface area contributed by atoms with E-state index < -0.39 is 17.6 Å². The molecule has 1 heterocycles. The number of thioether (sulfide) groups is 1. The van der Waals surface area contributed by atoms with E-state index in [9.17, 15) is 18.0 Å². The third-order valence-electron chi connectivity index (χ3n) is 4.83. The van der Waals surface area contributed by atoms with Gasteiger partial charge in [0.25, 0.3) is 0 Å². The molecule has 0 spiro atoms. The molecule has 164 valence electrons. The first-order valence-electron chi connectivity index (χ1n) is 9.93. The number of aromatic nitrogens is 2. The molecular formula is C24H19F3N2O2S. The van der Waals surface area contributed by atoms with Crippen LogP contribution in [0.4, 0.5) is 13.2 Å². The zero-order valence-electron chi connectivity index (χ0n) is 17.1. The van der Waals surface area contributed by atoms with Crippen LogP contribution in [0.5, 0.6) is 0 Å². The van der Waals surface area contributed by atoms with Crippen molar-refractivity contribution < 1.29 is 22.7 Å². The van der Waals surface area contributed by atoms with Crippen LogP contribution in [0.15, 0.2) is 65.8 Å². The number of hydrogen-bond donors (Lipinski definition) is 0. The number of nitrogens with zero attached hydrogens (tertiary/aromatic N) is 2. The van der Waals surface area contributed by atoms with Crippen molar-refractivity contribution in [3.8, 4) is 0 Å². The zero-order chi connectivity index (χ0) is 22.7. The normalized spacial score (nSPS) is 11.1. The maximum absolute atomic E-state index is 14.1. The van der Waals surface area contributed by atoms with Crippen LogP contribution in [0.25, 0.3) is 11.0 Å². The summed E-state index contributed by atoms with van der Waals surface area (Å²) in [5.74, 6) is -1.84. The molecule has 0 aliphatic rings. The molecule has 0 radical (unpaired) electrons. The smallest absolute Gasteiger partial charge is 0.338 e. The molecular weight excluding hydrogens is 437 g/mol. The van der Waals surface area contributed by atoms with Crippen molar-refractivity contribution in [3.05, 3.63) is 94.8 Å². The highest BCUT2D eigenvalue weighted by molar-refractivity contribution is 7.98. The highest BCUT2D eigenvalue weighted by Gasteiger charge is 2.16. The Kier molecular flexibility index (Phi) is 6.50. The van der Waals surface area contributed by atoms with E-state index in [1.54, 1.807) is 37.3 Å². The second-order valence-corrected chi connectivity index (χ2v) is 8.00. The van der Waals surface area contributed by atoms with E-state index in [-0.39, 0.29) is 18.2 Å². The highest BCUT2D eigenvalue weighted by Crippen LogP contribution is 2.29. The lowest BCUT2D eigenvalue weighted by molar-refractivity contribution is 0.0526. The van der Waals surface area contributed by atoms with Crippen molar-refractivity contribution in [3.63, 3.8) is 0 Å². The van der Waals surface area contributed by atoms with Crippen molar-refractivity contribution in [1.29, 1.82) is 0 Å². The Bertz CT molecular complexity index is 1290. The van der Waals surface area contributed by atoms with Crippen molar-refractivity contribution >= 4 is 28.8 Å². The van der Waals surface area contributed by atoms with Crippen LogP contribution in [0.2, 0.25) is 0 Å². The summed E-state index contributed by atoms with van der Waals surface area (Å²) in [4.78, 5) is 16.7. The summed E-state index contributed by atoms with van der Waals surface area (Å²) in [7, 11) is 0. The summed E-state index contributed by atoms with van der Waals surface area (Å²) in [5, 5.41) is 0.564. The van der Waals surface area contributed by atoms with Crippen LogP contribution in [0.3, 0.4) is 0 Å². The second kappa shape index (κ2) is 9.48. The summed E-state index contributed by atoms with van der Waals surface area (Å²) >= 11 is 1.27. The lowest BCUT2D eigenvalue weighted by Gasteiger charge is -2.10. The molecule has 0 saturated carbocycles. The minimum atomic E-state index is -0.638. The number of ether oxygens (including phenoxy) is 1. The summed E-state index contributed by atoms with van der Waals surface area (Å²) in [5.41, 5.74) is 2.75. The van der Waals surface area contributed by atoms with Crippen LogP contribution in [0.1, 0.15) is 28.4 Å². The van der Waals surface area contributed by atoms with Gasteiger partial charge < -0.3 is 9.30 Å². The van der Waals surface area contributed by atoms with Crippen molar-refractivity contribution in [2.75, 3.05) is 6.61 Å². The number of carbonyl (C=O) groups excluding carboxylic acids is 1. The molecule has 4 nitrogen and oxygen atoms in total. The molecule has 0 fully saturated rings. The predicted octanol–water partition coefficient (Wildman–Crippen LogP) is 5.97. The maximum atomic E-state index is 14.1. The van der Waals surface area contributed by atoms with Crippen LogP contribution < -0.4 is 0 Å². The van der Waals surface area contributed by atoms with Gasteiger partial charge in [0.05, 0.1) is 29.7 Å². The first kappa shape index (κ1) is 22.0. The SMILES string of the molecule is CCOC(=O)c1ccc2c(c1)nc(SCc1ccc(F)cc1F)n2Cc1cccc(F)c1. The summed E-state index contributed by atoms with van der Waals surface area (Å²) in [6.45, 7) is 2.32. The van der Waals surface area contributed by atoms with E-state index in [4.69, 9.17) is 4.74 Å². The fraction of sp³-hybridized carbons (Fsp3) is 0.167. The standard InChI is InChI=1S/C24H19F3N2O2S/c1-2-31-23(30)16-7-9-22-21(11-16)28-24(29(22)13-15-4-3-5-18(25)10-15)32-14-17-6-8-19(26)12-20(17)27/h3-12H,2,13-14H2,1H3. The molecule has 4 rings (SSSR count). The third-order valence-corrected chi connectivity index (χ3v) is 5.85. The number of hydrogen-bond acceptors (Lipinski definition) is 4. The van der Waals surface area contributed by atoms with Crippen molar-refractivity contribution in [2.24, 2.45) is 0 Å². The molecule has 0 N–H and O–H groups in total. The van der Waals surface area contributed by atoms with E-state index in [2.05, 4.69) is 4.98 Å². The topological polar surface area (TPSA) is 44.1 Å². The molecule has 8 heteroatoms. The van der Waals surface area contributed by atoms with Gasteiger partial charge in [0.15, 0.2) is 5.16 Å². The Morgan fingerprint density at radius 2 is 1.84 bits per heavy atom. The number of halogens is 3. The van der Waals surface area contributed by atoms with Gasteiger partial charge in [0.2, 0.25) is 0 Å². The summed E-state index contributed by atoms with van der Waals surface area (Å²) in [6.07, 6.45) is 0. The monoisotopic (exact) mass is 456 g/mol. The Labute approximate surface area is 187 Å². The van der Waals surface area contributed by atoms with E-state index in [0.717, 1.165) is 17.1 Å². The van der Waals surface area contributed by atoms with Crippen LogP contribution in [-0.4, -0.2) is 22.1 Å². The molecule has 32 heavy (non-hydrogen) atoms. The molecule has 1 aromatic heterocycles. The van der Waals surface area contributed by atoms with Crippen LogP contribution in [0, 0.1) is 17.5 Å². The Hall–Kier alpha value is -3.26. The number of benzene rings is 3. The third kappa shape index (κ3) is 4.80. The average molecular weight is 456 g/mol. The average Bonchev–Trinajstić information content (AvgIpc) is 3.10. The van der Waals surface area contributed by atoms with Crippen LogP contribution >= 0.6 is 11.8 Å². The van der Waals surface area contributed by atoms with Gasteiger partial charge in [0.1, 0.15) is 17.5 Å². The zero-order valence-corrected chi connectivity index (χ0v) is 18.0. The maximum Gasteiger partial charge on any atom is 0.338 e. The van der Waals surface area contributed by atoms with Crippen molar-refractivity contribution in [2.45, 2.75) is 24.4 Å². The first-order chi connectivity index (χ1) is 15.4. The van der Waals surface area contributed by atoms with E-state index >= 15 is 0 Å². The molecule has 0 aliphatic heterocycles. The second-order valence-electron chi connectivity index (χ2n) is 7.06. The summed E-state index contributed by atoms with van der Waals surface area (Å²) in [6, 6.07) is 14.7. The molecule has 0 bridgehead atoms. The number of esters is 1. The van der Waals surface area contributed by atoms with Gasteiger partial charge in [0, 0.05) is 11.8 Å². The summed E-state index contributed by atoms with van der Waals surface area (Å²) < 4.78 is 48.0. The molecule has 0 amide bonds. The Balaban J connectivity index is 1.71. The van der Waals surface area contributed by atoms with E-state index in [1.165, 1.54) is 36.0 Å². The number of carbonyl (C=O) groups is 1. The Morgan fingerprint density at radius 1 is 1.03 bits per heavy atom. The highest BCUT2D eigenvalue weighted by atomic mass is 32.2. The minimum absolute atomic E-state index is 0.226. The quantitative estimate of drug-likeness (QED) is 0.254. The lowest BCUT2D eigenvalue weighted by atomic mass is 10.2. The number of rotatable bonds is 7. The van der Waals surface area contributed by atoms with Crippen molar-refractivity contribution in [1.82, 2.24) is 9.55 Å². The van der Waals surface area contributed by atoms with E-state index in [0.29, 0.717) is 28.3 Å². The molecule has 3 aromatic carbocycles. The number of imidazole rings is 1. The molecule has 0 unspecified atom stereocenters.